The van der Waals surface area contributed by atoms with E-state index in [0.29, 0.717) is 12.8 Å². The molecule has 3 aliphatic rings. The first-order valence-corrected chi connectivity index (χ1v) is 11.0. The number of rotatable bonds is 4. The SMILES string of the molecule is C=C[C@@]1(C)CC(=O)[C@]2(O)[C@@]3(C)[C@@H](O)CCC(C)(C)[C@@H]3[C@H](O)[C@H](OC(=O)[C@H](O)CO)[C@@]2(C)O1. The van der Waals surface area contributed by atoms with Gasteiger partial charge in [-0.3, -0.25) is 4.79 Å². The summed E-state index contributed by atoms with van der Waals surface area (Å²) in [5.41, 5.74) is -7.74. The number of esters is 1. The van der Waals surface area contributed by atoms with E-state index in [9.17, 15) is 30.0 Å². The largest absolute Gasteiger partial charge is 0.454 e. The fourth-order valence-corrected chi connectivity index (χ4v) is 6.76. The van der Waals surface area contributed by atoms with Crippen LogP contribution in [0.1, 0.15) is 53.9 Å². The summed E-state index contributed by atoms with van der Waals surface area (Å²) in [6.07, 6.45) is -4.07. The average Bonchev–Trinajstić information content (AvgIpc) is 2.70. The Balaban J connectivity index is 2.28. The van der Waals surface area contributed by atoms with E-state index in [1.54, 1.807) is 13.8 Å². The lowest BCUT2D eigenvalue weighted by atomic mass is 9.40. The van der Waals surface area contributed by atoms with Crippen LogP contribution in [0.4, 0.5) is 0 Å². The first kappa shape index (κ1) is 25.3. The van der Waals surface area contributed by atoms with Crippen LogP contribution < -0.4 is 0 Å². The molecule has 9 heteroatoms. The number of fused-ring (bicyclic) bond motifs is 3. The standard InChI is InChI=1S/C23H36O9/c1-7-20(4)10-14(27)23(30)21(5)13(26)8-9-19(2,3)16(21)15(28)17(22(23,6)32-20)31-18(29)12(25)11-24/h7,12-13,15-17,24-26,28,30H,1,8-11H2,2-6H3/t12-,13+,15+,16+,17+,20+,21+,22-,23+/m1/s1. The zero-order valence-electron chi connectivity index (χ0n) is 19.4. The van der Waals surface area contributed by atoms with Crippen molar-refractivity contribution in [2.24, 2.45) is 16.7 Å². The van der Waals surface area contributed by atoms with Gasteiger partial charge in [-0.2, -0.15) is 0 Å². The molecule has 3 rings (SSSR count). The van der Waals surface area contributed by atoms with Gasteiger partial charge in [0.2, 0.25) is 0 Å². The van der Waals surface area contributed by atoms with E-state index < -0.39 is 76.3 Å². The van der Waals surface area contributed by atoms with Crippen molar-refractivity contribution in [1.29, 1.82) is 0 Å². The zero-order valence-corrected chi connectivity index (χ0v) is 19.4. The molecule has 1 heterocycles. The first-order valence-electron chi connectivity index (χ1n) is 11.0. The highest BCUT2D eigenvalue weighted by molar-refractivity contribution is 5.92. The Hall–Kier alpha value is -1.36. The van der Waals surface area contributed by atoms with Crippen molar-refractivity contribution in [2.75, 3.05) is 6.61 Å². The molecule has 2 aliphatic carbocycles. The molecule has 1 aliphatic heterocycles. The van der Waals surface area contributed by atoms with Crippen molar-refractivity contribution in [2.45, 2.75) is 95.1 Å². The Bertz CT molecular complexity index is 811. The summed E-state index contributed by atoms with van der Waals surface area (Å²) in [5, 5.41) is 53.9. The number of carbonyl (C=O) groups excluding carboxylic acids is 2. The third-order valence-corrected chi connectivity index (χ3v) is 8.42. The van der Waals surface area contributed by atoms with E-state index in [0.717, 1.165) is 0 Å². The normalized spacial score (nSPS) is 48.9. The van der Waals surface area contributed by atoms with Crippen LogP contribution in [0.15, 0.2) is 12.7 Å². The Kier molecular flexibility index (Phi) is 5.98. The Morgan fingerprint density at radius 2 is 1.88 bits per heavy atom. The van der Waals surface area contributed by atoms with Crippen molar-refractivity contribution in [3.8, 4) is 0 Å². The van der Waals surface area contributed by atoms with Crippen LogP contribution >= 0.6 is 0 Å². The highest BCUT2D eigenvalue weighted by atomic mass is 16.6. The minimum absolute atomic E-state index is 0.228. The monoisotopic (exact) mass is 456 g/mol. The quantitative estimate of drug-likeness (QED) is 0.287. The molecular weight excluding hydrogens is 420 g/mol. The minimum atomic E-state index is -2.33. The van der Waals surface area contributed by atoms with Crippen LogP contribution in [0.3, 0.4) is 0 Å². The van der Waals surface area contributed by atoms with Gasteiger partial charge in [0.05, 0.1) is 24.4 Å². The maximum absolute atomic E-state index is 13.7. The second-order valence-electron chi connectivity index (χ2n) is 10.9. The van der Waals surface area contributed by atoms with Gasteiger partial charge in [-0.25, -0.2) is 4.79 Å². The van der Waals surface area contributed by atoms with Crippen molar-refractivity contribution in [3.63, 3.8) is 0 Å². The van der Waals surface area contributed by atoms with Gasteiger partial charge < -0.3 is 35.0 Å². The molecule has 0 amide bonds. The number of hydrogen-bond donors (Lipinski definition) is 5. The van der Waals surface area contributed by atoms with Gasteiger partial charge in [-0.05, 0) is 32.1 Å². The molecule has 3 fully saturated rings. The number of Topliss-reactive ketones (excluding diaryl/α,β-unsaturated/α-hetero) is 1. The fraction of sp³-hybridized carbons (Fsp3) is 0.826. The number of aliphatic hydroxyl groups is 5. The molecule has 0 aromatic rings. The highest BCUT2D eigenvalue weighted by Gasteiger charge is 2.81. The fourth-order valence-electron chi connectivity index (χ4n) is 6.76. The summed E-state index contributed by atoms with van der Waals surface area (Å²) in [5.74, 6) is -2.70. The van der Waals surface area contributed by atoms with E-state index in [-0.39, 0.29) is 6.42 Å². The third kappa shape index (κ3) is 3.05. The van der Waals surface area contributed by atoms with Crippen LogP contribution in [0.25, 0.3) is 0 Å². The zero-order chi connectivity index (χ0) is 24.5. The van der Waals surface area contributed by atoms with Crippen LogP contribution in [0.2, 0.25) is 0 Å². The van der Waals surface area contributed by atoms with Gasteiger partial charge in [0, 0.05) is 17.8 Å². The van der Waals surface area contributed by atoms with E-state index in [1.807, 2.05) is 13.8 Å². The van der Waals surface area contributed by atoms with Crippen LogP contribution in [-0.2, 0) is 19.1 Å². The number of ketones is 1. The number of ether oxygens (including phenoxy) is 2. The van der Waals surface area contributed by atoms with Crippen molar-refractivity contribution >= 4 is 11.8 Å². The second kappa shape index (κ2) is 7.58. The molecule has 0 radical (unpaired) electrons. The second-order valence-corrected chi connectivity index (χ2v) is 10.9. The molecule has 1 saturated heterocycles. The summed E-state index contributed by atoms with van der Waals surface area (Å²) in [6.45, 7) is 11.1. The van der Waals surface area contributed by atoms with Crippen molar-refractivity contribution in [3.05, 3.63) is 12.7 Å². The van der Waals surface area contributed by atoms with E-state index in [1.165, 1.54) is 13.0 Å². The summed E-state index contributed by atoms with van der Waals surface area (Å²) in [7, 11) is 0. The molecule has 0 aromatic heterocycles. The molecule has 0 spiro atoms. The molecule has 182 valence electrons. The predicted molar refractivity (Wildman–Crippen MR) is 112 cm³/mol. The van der Waals surface area contributed by atoms with Crippen LogP contribution in [0.5, 0.6) is 0 Å². The van der Waals surface area contributed by atoms with E-state index >= 15 is 0 Å². The molecular formula is C23H36O9. The first-order chi connectivity index (χ1) is 14.6. The highest BCUT2D eigenvalue weighted by Crippen LogP contribution is 2.67. The topological polar surface area (TPSA) is 154 Å². The number of carbonyl (C=O) groups is 2. The summed E-state index contributed by atoms with van der Waals surface area (Å²) in [6, 6.07) is 0. The van der Waals surface area contributed by atoms with Gasteiger partial charge in [-0.1, -0.05) is 26.8 Å². The molecule has 5 N–H and O–H groups in total. The molecule has 9 nitrogen and oxygen atoms in total. The summed E-state index contributed by atoms with van der Waals surface area (Å²) in [4.78, 5) is 26.1. The molecule has 2 saturated carbocycles. The van der Waals surface area contributed by atoms with E-state index in [4.69, 9.17) is 14.6 Å². The molecule has 9 atom stereocenters. The smallest absolute Gasteiger partial charge is 0.337 e. The average molecular weight is 457 g/mol. The van der Waals surface area contributed by atoms with Crippen LogP contribution in [0, 0.1) is 16.7 Å². The molecule has 0 unspecified atom stereocenters. The van der Waals surface area contributed by atoms with Gasteiger partial charge in [-0.15, -0.1) is 6.58 Å². The van der Waals surface area contributed by atoms with Gasteiger partial charge in [0.1, 0.15) is 5.60 Å². The molecule has 0 bridgehead atoms. The van der Waals surface area contributed by atoms with Crippen LogP contribution in [-0.4, -0.2) is 85.1 Å². The lowest BCUT2D eigenvalue weighted by molar-refractivity contribution is -0.371. The molecule has 32 heavy (non-hydrogen) atoms. The van der Waals surface area contributed by atoms with Gasteiger partial charge in [0.15, 0.2) is 23.6 Å². The van der Waals surface area contributed by atoms with Gasteiger partial charge >= 0.3 is 5.97 Å². The Labute approximate surface area is 188 Å². The Morgan fingerprint density at radius 1 is 1.28 bits per heavy atom. The maximum atomic E-state index is 13.7. The lowest BCUT2D eigenvalue weighted by Gasteiger charge is -2.71. The van der Waals surface area contributed by atoms with Gasteiger partial charge in [0.25, 0.3) is 0 Å². The summed E-state index contributed by atoms with van der Waals surface area (Å²) < 4.78 is 11.7. The Morgan fingerprint density at radius 3 is 2.41 bits per heavy atom. The lowest BCUT2D eigenvalue weighted by Crippen LogP contribution is -2.86. The minimum Gasteiger partial charge on any atom is -0.454 e. The van der Waals surface area contributed by atoms with Crippen molar-refractivity contribution < 1.29 is 44.6 Å². The van der Waals surface area contributed by atoms with E-state index in [2.05, 4.69) is 6.58 Å². The third-order valence-electron chi connectivity index (χ3n) is 8.42. The number of aliphatic hydroxyl groups excluding tert-OH is 4. The number of hydrogen-bond acceptors (Lipinski definition) is 9. The van der Waals surface area contributed by atoms with Crippen molar-refractivity contribution in [1.82, 2.24) is 0 Å². The maximum Gasteiger partial charge on any atom is 0.337 e. The molecule has 0 aromatic carbocycles. The predicted octanol–water partition coefficient (Wildman–Crippen LogP) is -0.147. The summed E-state index contributed by atoms with van der Waals surface area (Å²) >= 11 is 0.